The van der Waals surface area contributed by atoms with Gasteiger partial charge in [0.05, 0.1) is 16.5 Å². The molecule has 0 radical (unpaired) electrons. The summed E-state index contributed by atoms with van der Waals surface area (Å²) in [4.78, 5) is 0.117. The lowest BCUT2D eigenvalue weighted by atomic mass is 10.2. The van der Waals surface area contributed by atoms with Gasteiger partial charge >= 0.3 is 0 Å². The number of ether oxygens (including phenoxy) is 2. The summed E-state index contributed by atoms with van der Waals surface area (Å²) in [7, 11) is -3.69. The molecule has 1 heterocycles. The van der Waals surface area contributed by atoms with Gasteiger partial charge in [0.2, 0.25) is 10.0 Å². The molecule has 0 N–H and O–H groups in total. The van der Waals surface area contributed by atoms with Crippen LogP contribution in [0.4, 0.5) is 0 Å². The summed E-state index contributed by atoms with van der Waals surface area (Å²) >= 11 is 0. The van der Waals surface area contributed by atoms with Crippen molar-refractivity contribution in [1.82, 2.24) is 4.31 Å². The van der Waals surface area contributed by atoms with Crippen LogP contribution in [-0.2, 0) is 16.6 Å². The molecule has 0 spiro atoms. The average molecular weight is 358 g/mol. The zero-order valence-corrected chi connectivity index (χ0v) is 14.6. The molecule has 3 rings (SSSR count). The predicted molar refractivity (Wildman–Crippen MR) is 91.9 cm³/mol. The maximum absolute atomic E-state index is 12.9. The monoisotopic (exact) mass is 358 g/mol. The van der Waals surface area contributed by atoms with Gasteiger partial charge in [-0.25, -0.2) is 8.42 Å². The number of fused-ring (bicyclic) bond motifs is 1. The van der Waals surface area contributed by atoms with Crippen molar-refractivity contribution in [1.29, 1.82) is 5.26 Å². The van der Waals surface area contributed by atoms with Crippen molar-refractivity contribution in [3.8, 4) is 17.6 Å². The molecule has 0 fully saturated rings. The van der Waals surface area contributed by atoms with Crippen LogP contribution >= 0.6 is 0 Å². The van der Waals surface area contributed by atoms with Gasteiger partial charge < -0.3 is 9.47 Å². The van der Waals surface area contributed by atoms with E-state index in [0.717, 1.165) is 5.56 Å². The zero-order valence-electron chi connectivity index (χ0n) is 13.8. The van der Waals surface area contributed by atoms with Gasteiger partial charge in [-0.1, -0.05) is 19.1 Å². The van der Waals surface area contributed by atoms with Crippen molar-refractivity contribution >= 4 is 10.0 Å². The SMILES string of the molecule is CCN(Cc1ccc2c(c1)OCCO2)S(=O)(=O)c1cccc(C#N)c1. The molecule has 0 amide bonds. The second kappa shape index (κ2) is 7.13. The highest BCUT2D eigenvalue weighted by atomic mass is 32.2. The molecule has 0 atom stereocenters. The molecule has 2 aromatic rings. The minimum Gasteiger partial charge on any atom is -0.486 e. The van der Waals surface area contributed by atoms with Crippen molar-refractivity contribution < 1.29 is 17.9 Å². The molecule has 0 aliphatic carbocycles. The van der Waals surface area contributed by atoms with Crippen LogP contribution in [0.5, 0.6) is 11.5 Å². The number of rotatable bonds is 5. The van der Waals surface area contributed by atoms with E-state index in [1.165, 1.54) is 16.4 Å². The second-order valence-electron chi connectivity index (χ2n) is 5.55. The van der Waals surface area contributed by atoms with Gasteiger partial charge in [0.15, 0.2) is 11.5 Å². The normalized spacial score (nSPS) is 13.5. The maximum atomic E-state index is 12.9. The third-order valence-corrected chi connectivity index (χ3v) is 5.84. The fourth-order valence-corrected chi connectivity index (χ4v) is 4.12. The smallest absolute Gasteiger partial charge is 0.243 e. The number of nitrogens with zero attached hydrogens (tertiary/aromatic N) is 2. The number of benzene rings is 2. The van der Waals surface area contributed by atoms with E-state index in [1.807, 2.05) is 12.1 Å². The van der Waals surface area contributed by atoms with Crippen LogP contribution in [0.1, 0.15) is 18.1 Å². The summed E-state index contributed by atoms with van der Waals surface area (Å²) in [5, 5.41) is 8.99. The largest absolute Gasteiger partial charge is 0.486 e. The molecule has 0 saturated carbocycles. The van der Waals surface area contributed by atoms with E-state index in [9.17, 15) is 8.42 Å². The van der Waals surface area contributed by atoms with E-state index < -0.39 is 10.0 Å². The molecule has 2 aromatic carbocycles. The Bertz CT molecular complexity index is 919. The van der Waals surface area contributed by atoms with Crippen molar-refractivity contribution in [2.24, 2.45) is 0 Å². The summed E-state index contributed by atoms with van der Waals surface area (Å²) < 4.78 is 38.2. The molecule has 1 aliphatic rings. The molecule has 25 heavy (non-hydrogen) atoms. The Kier molecular flexibility index (Phi) is 4.93. The molecule has 130 valence electrons. The first kappa shape index (κ1) is 17.3. The summed E-state index contributed by atoms with van der Waals surface area (Å²) in [6, 6.07) is 13.4. The van der Waals surface area contributed by atoms with Crippen molar-refractivity contribution in [2.45, 2.75) is 18.4 Å². The van der Waals surface area contributed by atoms with Crippen LogP contribution in [-0.4, -0.2) is 32.5 Å². The van der Waals surface area contributed by atoms with E-state index in [-0.39, 0.29) is 11.4 Å². The first-order valence-corrected chi connectivity index (χ1v) is 9.37. The van der Waals surface area contributed by atoms with Gasteiger partial charge in [-0.3, -0.25) is 0 Å². The molecule has 6 nitrogen and oxygen atoms in total. The highest BCUT2D eigenvalue weighted by Gasteiger charge is 2.24. The number of sulfonamides is 1. The molecule has 0 aromatic heterocycles. The zero-order chi connectivity index (χ0) is 17.9. The average Bonchev–Trinajstić information content (AvgIpc) is 2.65. The standard InChI is InChI=1S/C18H18N2O4S/c1-2-20(25(21,22)16-5-3-4-14(10-16)12-19)13-15-6-7-17-18(11-15)24-9-8-23-17/h3-7,10-11H,2,8-9,13H2,1H3. The Morgan fingerprint density at radius 3 is 2.60 bits per heavy atom. The Morgan fingerprint density at radius 1 is 1.12 bits per heavy atom. The van der Waals surface area contributed by atoms with Gasteiger partial charge in [-0.15, -0.1) is 0 Å². The van der Waals surface area contributed by atoms with Crippen LogP contribution in [0.15, 0.2) is 47.4 Å². The summed E-state index contributed by atoms with van der Waals surface area (Å²) in [5.74, 6) is 1.30. The number of nitriles is 1. The minimum absolute atomic E-state index is 0.117. The van der Waals surface area contributed by atoms with Crippen LogP contribution in [0, 0.1) is 11.3 Å². The number of hydrogen-bond donors (Lipinski definition) is 0. The Balaban J connectivity index is 1.88. The van der Waals surface area contributed by atoms with Crippen LogP contribution < -0.4 is 9.47 Å². The van der Waals surface area contributed by atoms with Gasteiger partial charge in [0.25, 0.3) is 0 Å². The van der Waals surface area contributed by atoms with Crippen molar-refractivity contribution in [3.05, 3.63) is 53.6 Å². The third kappa shape index (κ3) is 3.60. The summed E-state index contributed by atoms with van der Waals surface area (Å²) in [5.41, 5.74) is 1.13. The Morgan fingerprint density at radius 2 is 1.88 bits per heavy atom. The Hall–Kier alpha value is -2.56. The lowest BCUT2D eigenvalue weighted by Gasteiger charge is -2.23. The van der Waals surface area contributed by atoms with Gasteiger partial charge in [-0.2, -0.15) is 9.57 Å². The minimum atomic E-state index is -3.69. The van der Waals surface area contributed by atoms with Gasteiger partial charge in [-0.05, 0) is 35.9 Å². The highest BCUT2D eigenvalue weighted by Crippen LogP contribution is 2.31. The topological polar surface area (TPSA) is 79.6 Å². The van der Waals surface area contributed by atoms with Crippen molar-refractivity contribution in [2.75, 3.05) is 19.8 Å². The summed E-state index contributed by atoms with van der Waals surface area (Å²) in [6.07, 6.45) is 0. The Labute approximate surface area is 147 Å². The first-order valence-electron chi connectivity index (χ1n) is 7.93. The summed E-state index contributed by atoms with van der Waals surface area (Å²) in [6.45, 7) is 3.30. The fourth-order valence-electron chi connectivity index (χ4n) is 2.63. The van der Waals surface area contributed by atoms with Crippen LogP contribution in [0.2, 0.25) is 0 Å². The molecule has 0 saturated heterocycles. The molecule has 0 bridgehead atoms. The number of hydrogen-bond acceptors (Lipinski definition) is 5. The molecule has 7 heteroatoms. The molecular formula is C18H18N2O4S. The predicted octanol–water partition coefficient (Wildman–Crippen LogP) is 2.54. The molecule has 1 aliphatic heterocycles. The van der Waals surface area contributed by atoms with E-state index in [1.54, 1.807) is 31.2 Å². The van der Waals surface area contributed by atoms with Crippen LogP contribution in [0.3, 0.4) is 0 Å². The fraction of sp³-hybridized carbons (Fsp3) is 0.278. The first-order chi connectivity index (χ1) is 12.0. The molecule has 0 unspecified atom stereocenters. The van der Waals surface area contributed by atoms with Gasteiger partial charge in [0.1, 0.15) is 13.2 Å². The van der Waals surface area contributed by atoms with Gasteiger partial charge in [0, 0.05) is 13.1 Å². The van der Waals surface area contributed by atoms with E-state index in [2.05, 4.69) is 0 Å². The van der Waals surface area contributed by atoms with E-state index >= 15 is 0 Å². The highest BCUT2D eigenvalue weighted by molar-refractivity contribution is 7.89. The lowest BCUT2D eigenvalue weighted by molar-refractivity contribution is 0.171. The van der Waals surface area contributed by atoms with E-state index in [0.29, 0.717) is 36.8 Å². The lowest BCUT2D eigenvalue weighted by Crippen LogP contribution is -2.30. The van der Waals surface area contributed by atoms with Crippen molar-refractivity contribution in [3.63, 3.8) is 0 Å². The quantitative estimate of drug-likeness (QED) is 0.821. The molecular weight excluding hydrogens is 340 g/mol. The third-order valence-electron chi connectivity index (χ3n) is 3.92. The van der Waals surface area contributed by atoms with E-state index in [4.69, 9.17) is 14.7 Å². The maximum Gasteiger partial charge on any atom is 0.243 e. The van der Waals surface area contributed by atoms with Crippen LogP contribution in [0.25, 0.3) is 0 Å². The second-order valence-corrected chi connectivity index (χ2v) is 7.49.